The molecule has 5 nitrogen and oxygen atoms in total. The van der Waals surface area contributed by atoms with E-state index in [2.05, 4.69) is 5.10 Å². The van der Waals surface area contributed by atoms with E-state index in [-0.39, 0.29) is 29.8 Å². The maximum Gasteiger partial charge on any atom is 0.264 e. The van der Waals surface area contributed by atoms with Crippen molar-refractivity contribution < 1.29 is 17.5 Å². The maximum atomic E-state index is 12.3. The minimum Gasteiger partial charge on any atom is -0.372 e. The van der Waals surface area contributed by atoms with Gasteiger partial charge in [0.15, 0.2) is 0 Å². The lowest BCUT2D eigenvalue weighted by Gasteiger charge is -2.12. The number of aromatic nitrogens is 2. The molecule has 0 saturated heterocycles. The molecule has 0 aromatic carbocycles. The molecule has 0 aliphatic heterocycles. The summed E-state index contributed by atoms with van der Waals surface area (Å²) >= 11 is 0. The van der Waals surface area contributed by atoms with Gasteiger partial charge in [-0.2, -0.15) is 5.10 Å². The minimum absolute atomic E-state index is 0.0222. The Balaban J connectivity index is 3.00. The third-order valence-corrected chi connectivity index (χ3v) is 3.91. The van der Waals surface area contributed by atoms with E-state index in [0.717, 1.165) is 12.6 Å². The number of hydrogen-bond donors (Lipinski definition) is 0. The van der Waals surface area contributed by atoms with Crippen molar-refractivity contribution >= 4 is 19.7 Å². The molecule has 0 radical (unpaired) electrons. The first-order valence-electron chi connectivity index (χ1n) is 5.57. The zero-order valence-electron chi connectivity index (χ0n) is 10.3. The van der Waals surface area contributed by atoms with Crippen LogP contribution in [-0.4, -0.2) is 31.0 Å². The summed E-state index contributed by atoms with van der Waals surface area (Å²) in [6.07, 6.45) is 1.89. The van der Waals surface area contributed by atoms with Crippen LogP contribution in [0.3, 0.4) is 0 Å². The molecule has 104 valence electrons. The van der Waals surface area contributed by atoms with Crippen LogP contribution in [0, 0.1) is 0 Å². The second-order valence-electron chi connectivity index (χ2n) is 3.84. The number of hydrogen-bond acceptors (Lipinski definition) is 4. The molecule has 8 heteroatoms. The van der Waals surface area contributed by atoms with Gasteiger partial charge in [-0.1, -0.05) is 6.92 Å². The second kappa shape index (κ2) is 6.49. The smallest absolute Gasteiger partial charge is 0.264 e. The van der Waals surface area contributed by atoms with Gasteiger partial charge in [-0.15, -0.1) is 0 Å². The van der Waals surface area contributed by atoms with Gasteiger partial charge in [-0.3, -0.25) is 4.68 Å². The molecule has 1 atom stereocenters. The molecule has 1 heterocycles. The molecule has 1 aromatic rings. The Hall–Kier alpha value is -0.660. The first kappa shape index (κ1) is 15.4. The predicted molar refractivity (Wildman–Crippen MR) is 65.8 cm³/mol. The van der Waals surface area contributed by atoms with E-state index in [4.69, 9.17) is 15.4 Å². The van der Waals surface area contributed by atoms with Crippen molar-refractivity contribution in [2.24, 2.45) is 0 Å². The zero-order chi connectivity index (χ0) is 13.8. The van der Waals surface area contributed by atoms with Crippen molar-refractivity contribution in [1.82, 2.24) is 9.78 Å². The lowest BCUT2D eigenvalue weighted by Crippen LogP contribution is -2.13. The Labute approximate surface area is 110 Å². The van der Waals surface area contributed by atoms with Gasteiger partial charge in [0.1, 0.15) is 11.6 Å². The second-order valence-corrected chi connectivity index (χ2v) is 6.37. The van der Waals surface area contributed by atoms with Gasteiger partial charge in [0.25, 0.3) is 9.05 Å². The van der Waals surface area contributed by atoms with E-state index >= 15 is 0 Å². The highest BCUT2D eigenvalue weighted by molar-refractivity contribution is 8.13. The van der Waals surface area contributed by atoms with E-state index in [9.17, 15) is 12.8 Å². The fourth-order valence-electron chi connectivity index (χ4n) is 1.35. The van der Waals surface area contributed by atoms with E-state index < -0.39 is 15.7 Å². The molecule has 0 amide bonds. The van der Waals surface area contributed by atoms with E-state index in [0.29, 0.717) is 0 Å². The van der Waals surface area contributed by atoms with Gasteiger partial charge < -0.3 is 4.74 Å². The van der Waals surface area contributed by atoms with Crippen LogP contribution >= 0.6 is 10.7 Å². The molecule has 0 spiro atoms. The summed E-state index contributed by atoms with van der Waals surface area (Å²) in [5.41, 5.74) is 0.281. The lowest BCUT2D eigenvalue weighted by atomic mass is 10.3. The average molecular weight is 299 g/mol. The predicted octanol–water partition coefficient (Wildman–Crippen LogP) is 2.10. The van der Waals surface area contributed by atoms with Gasteiger partial charge >= 0.3 is 0 Å². The van der Waals surface area contributed by atoms with E-state index in [1.54, 1.807) is 0 Å². The van der Waals surface area contributed by atoms with Crippen LogP contribution in [0.25, 0.3) is 0 Å². The van der Waals surface area contributed by atoms with Crippen molar-refractivity contribution in [2.75, 3.05) is 6.67 Å². The van der Waals surface area contributed by atoms with Crippen LogP contribution in [-0.2, 0) is 26.9 Å². The minimum atomic E-state index is -3.90. The van der Waals surface area contributed by atoms with E-state index in [1.165, 1.54) is 4.68 Å². The topological polar surface area (TPSA) is 61.2 Å². The van der Waals surface area contributed by atoms with Crippen LogP contribution in [0.2, 0.25) is 0 Å². The normalized spacial score (nSPS) is 13.8. The van der Waals surface area contributed by atoms with E-state index in [1.807, 2.05) is 13.8 Å². The van der Waals surface area contributed by atoms with Gasteiger partial charge in [-0.05, 0) is 13.3 Å². The van der Waals surface area contributed by atoms with Crippen molar-refractivity contribution in [3.63, 3.8) is 0 Å². The third-order valence-electron chi connectivity index (χ3n) is 2.55. The SMILES string of the molecule is CC[C@@H](C)OCc1c(S(=O)(=O)Cl)cnn1CCF. The molecular formula is C10H16ClFN2O3S. The highest BCUT2D eigenvalue weighted by Crippen LogP contribution is 2.21. The first-order valence-corrected chi connectivity index (χ1v) is 7.88. The Morgan fingerprint density at radius 1 is 1.61 bits per heavy atom. The molecule has 0 N–H and O–H groups in total. The highest BCUT2D eigenvalue weighted by atomic mass is 35.7. The Bertz CT molecular complexity index is 489. The quantitative estimate of drug-likeness (QED) is 0.723. The number of halogens is 2. The number of aryl methyl sites for hydroxylation is 1. The fraction of sp³-hybridized carbons (Fsp3) is 0.700. The van der Waals surface area contributed by atoms with Crippen molar-refractivity contribution in [2.45, 2.75) is 44.4 Å². The summed E-state index contributed by atoms with van der Waals surface area (Å²) in [5, 5.41) is 3.81. The van der Waals surface area contributed by atoms with Crippen molar-refractivity contribution in [3.05, 3.63) is 11.9 Å². The largest absolute Gasteiger partial charge is 0.372 e. The van der Waals surface area contributed by atoms with Crippen LogP contribution in [0.1, 0.15) is 26.0 Å². The zero-order valence-corrected chi connectivity index (χ0v) is 11.8. The monoisotopic (exact) mass is 298 g/mol. The molecular weight excluding hydrogens is 283 g/mol. The summed E-state index contributed by atoms with van der Waals surface area (Å²) in [4.78, 5) is -0.124. The summed E-state index contributed by atoms with van der Waals surface area (Å²) in [7, 11) is 1.40. The maximum absolute atomic E-state index is 12.3. The Kier molecular flexibility index (Phi) is 5.55. The molecule has 1 aromatic heterocycles. The van der Waals surface area contributed by atoms with Crippen molar-refractivity contribution in [3.8, 4) is 0 Å². The highest BCUT2D eigenvalue weighted by Gasteiger charge is 2.21. The first-order chi connectivity index (χ1) is 8.40. The molecule has 1 rings (SSSR count). The molecule has 0 saturated carbocycles. The van der Waals surface area contributed by atoms with Gasteiger partial charge in [0, 0.05) is 10.7 Å². The van der Waals surface area contributed by atoms with Gasteiger partial charge in [-0.25, -0.2) is 12.8 Å². The van der Waals surface area contributed by atoms with Crippen LogP contribution < -0.4 is 0 Å². The summed E-state index contributed by atoms with van der Waals surface area (Å²) in [6.45, 7) is 3.19. The van der Waals surface area contributed by atoms with Gasteiger partial charge in [0.2, 0.25) is 0 Å². The Morgan fingerprint density at radius 2 is 2.28 bits per heavy atom. The molecule has 0 unspecified atom stereocenters. The van der Waals surface area contributed by atoms with Gasteiger partial charge in [0.05, 0.1) is 31.1 Å². The fourth-order valence-corrected chi connectivity index (χ4v) is 2.36. The van der Waals surface area contributed by atoms with Crippen LogP contribution in [0.15, 0.2) is 11.1 Å². The number of ether oxygens (including phenoxy) is 1. The average Bonchev–Trinajstić information content (AvgIpc) is 2.69. The number of nitrogens with zero attached hydrogens (tertiary/aromatic N) is 2. The molecule has 0 aliphatic rings. The summed E-state index contributed by atoms with van der Waals surface area (Å²) in [5.74, 6) is 0. The lowest BCUT2D eigenvalue weighted by molar-refractivity contribution is 0.0451. The van der Waals surface area contributed by atoms with Crippen molar-refractivity contribution in [1.29, 1.82) is 0 Å². The summed E-state index contributed by atoms with van der Waals surface area (Å²) < 4.78 is 41.8. The Morgan fingerprint density at radius 3 is 2.78 bits per heavy atom. The standard InChI is InChI=1S/C10H16ClFN2O3S/c1-3-8(2)17-7-9-10(18(11,15)16)6-13-14(9)5-4-12/h6,8H,3-5,7H2,1-2H3/t8-/m1/s1. The van der Waals surface area contributed by atoms with Crippen LogP contribution in [0.4, 0.5) is 4.39 Å². The third kappa shape index (κ3) is 3.93. The number of rotatable bonds is 7. The van der Waals surface area contributed by atoms with Crippen LogP contribution in [0.5, 0.6) is 0 Å². The molecule has 0 bridgehead atoms. The summed E-state index contributed by atoms with van der Waals surface area (Å²) in [6, 6.07) is 0. The number of alkyl halides is 1. The molecule has 0 fully saturated rings. The molecule has 0 aliphatic carbocycles. The molecule has 18 heavy (non-hydrogen) atoms.